The molecular weight excluding hydrogens is 322 g/mol. The van der Waals surface area contributed by atoms with Crippen LogP contribution in [0.3, 0.4) is 0 Å². The van der Waals surface area contributed by atoms with E-state index in [1.807, 2.05) is 18.7 Å². The molecule has 1 aromatic rings. The molecule has 0 spiro atoms. The number of benzene rings is 1. The van der Waals surface area contributed by atoms with Crippen molar-refractivity contribution in [3.05, 3.63) is 23.8 Å². The fourth-order valence-electron chi connectivity index (χ4n) is 3.36. The predicted octanol–water partition coefficient (Wildman–Crippen LogP) is 2.71. The average Bonchev–Trinajstić information content (AvgIpc) is 3.16. The number of methoxy groups -OCH3 is 1. The highest BCUT2D eigenvalue weighted by Gasteiger charge is 2.32. The third-order valence-corrected chi connectivity index (χ3v) is 4.63. The zero-order valence-corrected chi connectivity index (χ0v) is 15.2. The minimum Gasteiger partial charge on any atom is -0.493 e. The fraction of sp³-hybridized carbons (Fsp3) is 0.632. The van der Waals surface area contributed by atoms with Crippen molar-refractivity contribution in [3.8, 4) is 11.5 Å². The van der Waals surface area contributed by atoms with Crippen molar-refractivity contribution in [2.75, 3.05) is 33.4 Å². The third kappa shape index (κ3) is 4.25. The van der Waals surface area contributed by atoms with Gasteiger partial charge in [0.2, 0.25) is 0 Å². The maximum Gasteiger partial charge on any atom is 0.253 e. The van der Waals surface area contributed by atoms with E-state index in [0.717, 1.165) is 25.9 Å². The monoisotopic (exact) mass is 349 g/mol. The molecule has 0 radical (unpaired) electrons. The van der Waals surface area contributed by atoms with Gasteiger partial charge in [-0.2, -0.15) is 0 Å². The molecule has 0 aromatic heterocycles. The number of nitrogens with zero attached hydrogens (tertiary/aromatic N) is 1. The first-order valence-corrected chi connectivity index (χ1v) is 8.95. The van der Waals surface area contributed by atoms with Gasteiger partial charge in [-0.05, 0) is 44.9 Å². The highest BCUT2D eigenvalue weighted by Crippen LogP contribution is 2.31. The lowest BCUT2D eigenvalue weighted by atomic mass is 9.95. The topological polar surface area (TPSA) is 57.2 Å². The number of carbonyl (C=O) groups excluding carboxylic acids is 1. The van der Waals surface area contributed by atoms with Crippen molar-refractivity contribution in [1.29, 1.82) is 0 Å². The fourth-order valence-corrected chi connectivity index (χ4v) is 3.36. The first-order valence-electron chi connectivity index (χ1n) is 8.95. The number of amides is 1. The van der Waals surface area contributed by atoms with Crippen molar-refractivity contribution < 1.29 is 23.7 Å². The van der Waals surface area contributed by atoms with E-state index in [4.69, 9.17) is 18.9 Å². The van der Waals surface area contributed by atoms with E-state index in [1.54, 1.807) is 25.3 Å². The summed E-state index contributed by atoms with van der Waals surface area (Å²) in [7, 11) is 1.59. The molecule has 138 valence electrons. The maximum atomic E-state index is 12.8. The molecule has 0 N–H and O–H groups in total. The SMILES string of the molecule is COc1cc(C(=O)N2CCC(C3OCCO3)CC2)ccc1OC(C)C. The summed E-state index contributed by atoms with van der Waals surface area (Å²) in [6.07, 6.45) is 1.77. The average molecular weight is 349 g/mol. The molecule has 6 nitrogen and oxygen atoms in total. The Bertz CT molecular complexity index is 589. The molecule has 3 rings (SSSR count). The summed E-state index contributed by atoms with van der Waals surface area (Å²) >= 11 is 0. The van der Waals surface area contributed by atoms with E-state index in [1.165, 1.54) is 0 Å². The molecular formula is C19H27NO5. The molecule has 2 aliphatic rings. The van der Waals surface area contributed by atoms with Crippen molar-refractivity contribution in [1.82, 2.24) is 4.90 Å². The van der Waals surface area contributed by atoms with Gasteiger partial charge in [0.25, 0.3) is 5.91 Å². The van der Waals surface area contributed by atoms with Gasteiger partial charge in [-0.3, -0.25) is 4.79 Å². The molecule has 1 amide bonds. The molecule has 1 aromatic carbocycles. The lowest BCUT2D eigenvalue weighted by Gasteiger charge is -2.34. The van der Waals surface area contributed by atoms with Gasteiger partial charge in [0.1, 0.15) is 0 Å². The molecule has 2 aliphatic heterocycles. The second-order valence-electron chi connectivity index (χ2n) is 6.77. The largest absolute Gasteiger partial charge is 0.493 e. The Kier molecular flexibility index (Phi) is 5.81. The summed E-state index contributed by atoms with van der Waals surface area (Å²) in [5.41, 5.74) is 0.625. The molecule has 25 heavy (non-hydrogen) atoms. The molecule has 2 heterocycles. The number of hydrogen-bond donors (Lipinski definition) is 0. The van der Waals surface area contributed by atoms with Crippen LogP contribution in [0.1, 0.15) is 37.0 Å². The maximum absolute atomic E-state index is 12.8. The Morgan fingerprint density at radius 1 is 1.16 bits per heavy atom. The Morgan fingerprint density at radius 2 is 1.84 bits per heavy atom. The number of ether oxygens (including phenoxy) is 4. The Balaban J connectivity index is 1.63. The molecule has 2 fully saturated rings. The van der Waals surface area contributed by atoms with Gasteiger partial charge in [-0.25, -0.2) is 0 Å². The van der Waals surface area contributed by atoms with E-state index < -0.39 is 0 Å². The van der Waals surface area contributed by atoms with Gasteiger partial charge in [0.05, 0.1) is 26.4 Å². The van der Waals surface area contributed by atoms with Crippen molar-refractivity contribution >= 4 is 5.91 Å². The first kappa shape index (κ1) is 18.0. The van der Waals surface area contributed by atoms with Crippen molar-refractivity contribution in [2.45, 2.75) is 39.1 Å². The van der Waals surface area contributed by atoms with Gasteiger partial charge in [-0.1, -0.05) is 0 Å². The van der Waals surface area contributed by atoms with E-state index in [0.29, 0.717) is 36.2 Å². The zero-order chi connectivity index (χ0) is 17.8. The second-order valence-corrected chi connectivity index (χ2v) is 6.77. The van der Waals surface area contributed by atoms with Gasteiger partial charge in [-0.15, -0.1) is 0 Å². The van der Waals surface area contributed by atoms with E-state index in [2.05, 4.69) is 0 Å². The van der Waals surface area contributed by atoms with Crippen LogP contribution < -0.4 is 9.47 Å². The number of likely N-dealkylation sites (tertiary alicyclic amines) is 1. The van der Waals surface area contributed by atoms with Gasteiger partial charge in [0, 0.05) is 24.6 Å². The Labute approximate surface area is 149 Å². The standard InChI is InChI=1S/C19H27NO5/c1-13(2)25-16-5-4-15(12-17(16)22-3)18(21)20-8-6-14(7-9-20)19-23-10-11-24-19/h4-5,12-14,19H,6-11H2,1-3H3. The summed E-state index contributed by atoms with van der Waals surface area (Å²) in [6, 6.07) is 5.37. The molecule has 0 aliphatic carbocycles. The second kappa shape index (κ2) is 8.06. The van der Waals surface area contributed by atoms with E-state index >= 15 is 0 Å². The van der Waals surface area contributed by atoms with Crippen LogP contribution in [0.4, 0.5) is 0 Å². The van der Waals surface area contributed by atoms with Crippen LogP contribution in [-0.2, 0) is 9.47 Å². The molecule has 0 atom stereocenters. The lowest BCUT2D eigenvalue weighted by molar-refractivity contribution is -0.0956. The van der Waals surface area contributed by atoms with Crippen LogP contribution in [0.15, 0.2) is 18.2 Å². The smallest absolute Gasteiger partial charge is 0.253 e. The summed E-state index contributed by atoms with van der Waals surface area (Å²) < 4.78 is 22.3. The Hall–Kier alpha value is -1.79. The quantitative estimate of drug-likeness (QED) is 0.818. The van der Waals surface area contributed by atoms with Crippen LogP contribution >= 0.6 is 0 Å². The Morgan fingerprint density at radius 3 is 2.44 bits per heavy atom. The molecule has 0 saturated carbocycles. The van der Waals surface area contributed by atoms with E-state index in [-0.39, 0.29) is 18.3 Å². The number of hydrogen-bond acceptors (Lipinski definition) is 5. The zero-order valence-electron chi connectivity index (χ0n) is 15.2. The van der Waals surface area contributed by atoms with Crippen LogP contribution in [0.5, 0.6) is 11.5 Å². The van der Waals surface area contributed by atoms with Crippen molar-refractivity contribution in [3.63, 3.8) is 0 Å². The van der Waals surface area contributed by atoms with Gasteiger partial charge in [0.15, 0.2) is 17.8 Å². The summed E-state index contributed by atoms with van der Waals surface area (Å²) in [4.78, 5) is 14.7. The normalized spacial score (nSPS) is 19.4. The van der Waals surface area contributed by atoms with E-state index in [9.17, 15) is 4.79 Å². The number of piperidine rings is 1. The predicted molar refractivity (Wildman–Crippen MR) is 93.1 cm³/mol. The minimum atomic E-state index is -0.0928. The van der Waals surface area contributed by atoms with Crippen LogP contribution in [-0.4, -0.2) is 56.6 Å². The van der Waals surface area contributed by atoms with Crippen molar-refractivity contribution in [2.24, 2.45) is 5.92 Å². The minimum absolute atomic E-state index is 0.0288. The lowest BCUT2D eigenvalue weighted by Crippen LogP contribution is -2.41. The van der Waals surface area contributed by atoms with Gasteiger partial charge >= 0.3 is 0 Å². The molecule has 6 heteroatoms. The molecule has 0 unspecified atom stereocenters. The van der Waals surface area contributed by atoms with Crippen LogP contribution in [0, 0.1) is 5.92 Å². The van der Waals surface area contributed by atoms with Crippen LogP contribution in [0.25, 0.3) is 0 Å². The molecule has 2 saturated heterocycles. The highest BCUT2D eigenvalue weighted by atomic mass is 16.7. The summed E-state index contributed by atoms with van der Waals surface area (Å²) in [5, 5.41) is 0. The number of carbonyl (C=O) groups is 1. The highest BCUT2D eigenvalue weighted by molar-refractivity contribution is 5.95. The first-order chi connectivity index (χ1) is 12.1. The van der Waals surface area contributed by atoms with Crippen LogP contribution in [0.2, 0.25) is 0 Å². The molecule has 0 bridgehead atoms. The third-order valence-electron chi connectivity index (χ3n) is 4.63. The summed E-state index contributed by atoms with van der Waals surface area (Å²) in [6.45, 7) is 6.71. The van der Waals surface area contributed by atoms with Gasteiger partial charge < -0.3 is 23.8 Å². The number of rotatable bonds is 5. The summed E-state index contributed by atoms with van der Waals surface area (Å²) in [5.74, 6) is 1.65.